The summed E-state index contributed by atoms with van der Waals surface area (Å²) in [4.78, 5) is 31.1. The van der Waals surface area contributed by atoms with Crippen LogP contribution in [0.25, 0.3) is 31.9 Å². The average Bonchev–Trinajstić information content (AvgIpc) is 3.78. The van der Waals surface area contributed by atoms with Crippen LogP contribution in [0.3, 0.4) is 0 Å². The van der Waals surface area contributed by atoms with E-state index in [0.717, 1.165) is 89.8 Å². The van der Waals surface area contributed by atoms with Crippen molar-refractivity contribution >= 4 is 33.5 Å². The molecule has 328 valence electrons. The minimum Gasteiger partial charge on any atom is -0.494 e. The molecule has 7 rings (SSSR count). The third kappa shape index (κ3) is 13.2. The van der Waals surface area contributed by atoms with Gasteiger partial charge in [-0.05, 0) is 165 Å². The lowest BCUT2D eigenvalue weighted by atomic mass is 9.95. The van der Waals surface area contributed by atoms with Crippen molar-refractivity contribution in [2.24, 2.45) is 0 Å². The molecule has 0 atom stereocenters. The maximum Gasteiger partial charge on any atom is 0.343 e. The molecule has 65 heavy (non-hydrogen) atoms. The molecule has 0 fully saturated rings. The molecule has 0 saturated carbocycles. The standard InChI is InChI=1S/C55H49NO8S/c57-33-7-1-3-9-35-62-45-27-19-40(20-28-45)14-13-39-17-24-43(25-18-39)55(61)64-51-32-26-44(38-49(51)53-56-50-11-5-6-12-52(50)65-53)48-37-42(23-31-47(48)54(59)60)16-15-41-21-29-46(30-22-41)63-36-10-4-2-8-34-58/h5-6,11-12,17-32,37-38,57-58H,1-4,7-10,33-36H2,(H,59,60). The minimum atomic E-state index is -1.09. The Labute approximate surface area is 383 Å². The van der Waals surface area contributed by atoms with E-state index in [-0.39, 0.29) is 24.5 Å². The highest BCUT2D eigenvalue weighted by Gasteiger charge is 2.20. The summed E-state index contributed by atoms with van der Waals surface area (Å²) in [6, 6.07) is 40.0. The molecule has 0 saturated heterocycles. The number of aliphatic hydroxyl groups is 2. The average molecular weight is 884 g/mol. The monoisotopic (exact) mass is 883 g/mol. The Kier molecular flexibility index (Phi) is 16.5. The van der Waals surface area contributed by atoms with Crippen LogP contribution < -0.4 is 14.2 Å². The molecule has 7 aromatic rings. The molecule has 0 unspecified atom stereocenters. The number of rotatable bonds is 19. The second-order valence-corrected chi connectivity index (χ2v) is 16.3. The van der Waals surface area contributed by atoms with Gasteiger partial charge < -0.3 is 29.5 Å². The fourth-order valence-electron chi connectivity index (χ4n) is 6.91. The second kappa shape index (κ2) is 23.5. The first kappa shape index (κ1) is 45.8. The quantitative estimate of drug-likeness (QED) is 0.0314. The Balaban J connectivity index is 1.08. The molecular formula is C55H49NO8S. The zero-order valence-electron chi connectivity index (χ0n) is 35.9. The summed E-state index contributed by atoms with van der Waals surface area (Å²) in [5, 5.41) is 28.7. The van der Waals surface area contributed by atoms with E-state index in [1.54, 1.807) is 54.6 Å². The summed E-state index contributed by atoms with van der Waals surface area (Å²) in [6.07, 6.45) is 7.48. The number of carboxylic acids is 1. The van der Waals surface area contributed by atoms with Crippen molar-refractivity contribution in [1.82, 2.24) is 4.98 Å². The first-order chi connectivity index (χ1) is 31.9. The number of esters is 1. The molecule has 0 aliphatic rings. The molecule has 0 aliphatic heterocycles. The number of carboxylic acid groups (broad SMARTS) is 1. The van der Waals surface area contributed by atoms with Crippen LogP contribution >= 0.6 is 11.3 Å². The number of aromatic carboxylic acids is 1. The summed E-state index contributed by atoms with van der Waals surface area (Å²) in [7, 11) is 0. The van der Waals surface area contributed by atoms with E-state index < -0.39 is 11.9 Å². The van der Waals surface area contributed by atoms with Gasteiger partial charge in [0.1, 0.15) is 22.3 Å². The predicted octanol–water partition coefficient (Wildman–Crippen LogP) is 11.2. The lowest BCUT2D eigenvalue weighted by molar-refractivity contribution is 0.0695. The van der Waals surface area contributed by atoms with Crippen molar-refractivity contribution in [2.45, 2.75) is 51.4 Å². The Morgan fingerprint density at radius 2 is 1.09 bits per heavy atom. The fourth-order valence-corrected chi connectivity index (χ4v) is 7.90. The van der Waals surface area contributed by atoms with Crippen molar-refractivity contribution in [3.05, 3.63) is 167 Å². The maximum absolute atomic E-state index is 13.7. The van der Waals surface area contributed by atoms with Crippen LogP contribution in [0.4, 0.5) is 0 Å². The number of hydrogen-bond acceptors (Lipinski definition) is 9. The Morgan fingerprint density at radius 1 is 0.554 bits per heavy atom. The van der Waals surface area contributed by atoms with E-state index in [2.05, 4.69) is 23.7 Å². The molecular weight excluding hydrogens is 835 g/mol. The number of unbranched alkanes of at least 4 members (excludes halogenated alkanes) is 6. The van der Waals surface area contributed by atoms with Gasteiger partial charge in [-0.15, -0.1) is 11.3 Å². The molecule has 1 aromatic heterocycles. The van der Waals surface area contributed by atoms with Gasteiger partial charge in [0, 0.05) is 35.5 Å². The van der Waals surface area contributed by atoms with Gasteiger partial charge in [-0.25, -0.2) is 14.6 Å². The Bertz CT molecular complexity index is 2790. The lowest BCUT2D eigenvalue weighted by Gasteiger charge is -2.13. The largest absolute Gasteiger partial charge is 0.494 e. The molecule has 1 heterocycles. The van der Waals surface area contributed by atoms with Gasteiger partial charge in [0.05, 0.1) is 40.1 Å². The van der Waals surface area contributed by atoms with Crippen molar-refractivity contribution in [2.75, 3.05) is 26.4 Å². The van der Waals surface area contributed by atoms with Crippen LogP contribution in [0.1, 0.15) is 94.3 Å². The SMILES string of the molecule is O=C(Oc1ccc(-c2cc(C#Cc3ccc(OCCCCCCO)cc3)ccc2C(=O)O)cc1-c1nc2ccccc2s1)c1ccc(C#Cc2ccc(OCCCCCCO)cc2)cc1. The van der Waals surface area contributed by atoms with Gasteiger partial charge in [0.25, 0.3) is 0 Å². The molecule has 10 heteroatoms. The number of para-hydroxylation sites is 1. The van der Waals surface area contributed by atoms with E-state index in [9.17, 15) is 14.7 Å². The summed E-state index contributed by atoms with van der Waals surface area (Å²) in [5.41, 5.74) is 5.76. The number of nitrogens with zero attached hydrogens (tertiary/aromatic N) is 1. The van der Waals surface area contributed by atoms with Crippen LogP contribution in [0.2, 0.25) is 0 Å². The number of hydrogen-bond donors (Lipinski definition) is 3. The highest BCUT2D eigenvalue weighted by atomic mass is 32.1. The number of carbonyl (C=O) groups excluding carboxylic acids is 1. The molecule has 9 nitrogen and oxygen atoms in total. The summed E-state index contributed by atoms with van der Waals surface area (Å²) >= 11 is 1.44. The molecule has 6 aromatic carbocycles. The van der Waals surface area contributed by atoms with E-state index in [4.69, 9.17) is 29.4 Å². The van der Waals surface area contributed by atoms with Crippen LogP contribution in [-0.2, 0) is 0 Å². The second-order valence-electron chi connectivity index (χ2n) is 15.3. The van der Waals surface area contributed by atoms with Crippen molar-refractivity contribution in [3.63, 3.8) is 0 Å². The third-order valence-corrected chi connectivity index (χ3v) is 11.5. The summed E-state index contributed by atoms with van der Waals surface area (Å²) < 4.78 is 18.7. The summed E-state index contributed by atoms with van der Waals surface area (Å²) in [5.74, 6) is 12.8. The number of benzene rings is 6. The fraction of sp³-hybridized carbons (Fsp3) is 0.218. The van der Waals surface area contributed by atoms with Gasteiger partial charge in [0.2, 0.25) is 0 Å². The predicted molar refractivity (Wildman–Crippen MR) is 256 cm³/mol. The molecule has 0 amide bonds. The smallest absolute Gasteiger partial charge is 0.343 e. The van der Waals surface area contributed by atoms with E-state index in [1.807, 2.05) is 78.9 Å². The third-order valence-electron chi connectivity index (χ3n) is 10.4. The normalized spacial score (nSPS) is 10.7. The summed E-state index contributed by atoms with van der Waals surface area (Å²) in [6.45, 7) is 1.67. The molecule has 3 N–H and O–H groups in total. The Morgan fingerprint density at radius 3 is 1.66 bits per heavy atom. The van der Waals surface area contributed by atoms with Gasteiger partial charge in [0.15, 0.2) is 0 Å². The molecule has 0 bridgehead atoms. The zero-order valence-corrected chi connectivity index (χ0v) is 36.7. The van der Waals surface area contributed by atoms with Gasteiger partial charge >= 0.3 is 11.9 Å². The number of ether oxygens (including phenoxy) is 3. The number of aromatic nitrogens is 1. The first-order valence-electron chi connectivity index (χ1n) is 21.8. The first-order valence-corrected chi connectivity index (χ1v) is 22.6. The number of aliphatic hydroxyl groups excluding tert-OH is 2. The van der Waals surface area contributed by atoms with Crippen molar-refractivity contribution < 1.29 is 39.1 Å². The van der Waals surface area contributed by atoms with E-state index in [1.165, 1.54) is 11.3 Å². The van der Waals surface area contributed by atoms with E-state index in [0.29, 0.717) is 46.0 Å². The number of fused-ring (bicyclic) bond motifs is 1. The molecule has 0 aliphatic carbocycles. The van der Waals surface area contributed by atoms with Crippen LogP contribution in [-0.4, -0.2) is 58.7 Å². The van der Waals surface area contributed by atoms with Crippen molar-refractivity contribution in [1.29, 1.82) is 0 Å². The number of carbonyl (C=O) groups is 2. The minimum absolute atomic E-state index is 0.0970. The topological polar surface area (TPSA) is 135 Å². The highest BCUT2D eigenvalue weighted by molar-refractivity contribution is 7.21. The van der Waals surface area contributed by atoms with Gasteiger partial charge in [-0.2, -0.15) is 0 Å². The highest BCUT2D eigenvalue weighted by Crippen LogP contribution is 2.40. The van der Waals surface area contributed by atoms with Crippen LogP contribution in [0, 0.1) is 23.7 Å². The number of thiazole rings is 1. The van der Waals surface area contributed by atoms with E-state index >= 15 is 0 Å². The van der Waals surface area contributed by atoms with Gasteiger partial charge in [-0.1, -0.05) is 54.7 Å². The molecule has 0 radical (unpaired) electrons. The van der Waals surface area contributed by atoms with Crippen LogP contribution in [0.5, 0.6) is 17.2 Å². The maximum atomic E-state index is 13.7. The van der Waals surface area contributed by atoms with Crippen LogP contribution in [0.15, 0.2) is 133 Å². The molecule has 0 spiro atoms. The zero-order chi connectivity index (χ0) is 45.2. The van der Waals surface area contributed by atoms with Crippen molar-refractivity contribution in [3.8, 4) is 62.6 Å². The van der Waals surface area contributed by atoms with Gasteiger partial charge in [-0.3, -0.25) is 0 Å². The Hall–Kier alpha value is -7.21. The lowest BCUT2D eigenvalue weighted by Crippen LogP contribution is -2.09.